The molecule has 3 rings (SSSR count). The molecule has 0 saturated heterocycles. The van der Waals surface area contributed by atoms with Crippen LogP contribution in [0.2, 0.25) is 0 Å². The molecule has 0 bridgehead atoms. The van der Waals surface area contributed by atoms with E-state index in [1.807, 2.05) is 54.6 Å². The molecule has 142 valence electrons. The zero-order chi connectivity index (χ0) is 18.9. The van der Waals surface area contributed by atoms with Gasteiger partial charge in [-0.2, -0.15) is 0 Å². The van der Waals surface area contributed by atoms with Gasteiger partial charge >= 0.3 is 0 Å². The Bertz CT molecular complexity index is 867. The lowest BCUT2D eigenvalue weighted by molar-refractivity contribution is -0.118. The predicted octanol–water partition coefficient (Wildman–Crippen LogP) is 2.97. The summed E-state index contributed by atoms with van der Waals surface area (Å²) in [6, 6.07) is 17.5. The number of para-hydroxylation sites is 3. The lowest BCUT2D eigenvalue weighted by Gasteiger charge is -2.09. The van der Waals surface area contributed by atoms with Gasteiger partial charge in [0.25, 0.3) is 0 Å². The van der Waals surface area contributed by atoms with Crippen LogP contribution < -0.4 is 10.1 Å². The molecule has 6 nitrogen and oxygen atoms in total. The molecule has 0 aliphatic heterocycles. The Kier molecular flexibility index (Phi) is 7.12. The first-order valence-corrected chi connectivity index (χ1v) is 9.78. The van der Waals surface area contributed by atoms with Crippen LogP contribution in [0, 0.1) is 0 Å². The zero-order valence-electron chi connectivity index (χ0n) is 15.3. The van der Waals surface area contributed by atoms with Crippen LogP contribution in [0.5, 0.6) is 5.75 Å². The molecule has 0 fully saturated rings. The highest BCUT2D eigenvalue weighted by Crippen LogP contribution is 2.23. The van der Waals surface area contributed by atoms with E-state index in [0.717, 1.165) is 21.9 Å². The van der Waals surface area contributed by atoms with Crippen molar-refractivity contribution in [3.63, 3.8) is 0 Å². The van der Waals surface area contributed by atoms with Crippen molar-refractivity contribution in [2.24, 2.45) is 0 Å². The van der Waals surface area contributed by atoms with Crippen LogP contribution in [0.4, 0.5) is 0 Å². The Morgan fingerprint density at radius 3 is 2.70 bits per heavy atom. The van der Waals surface area contributed by atoms with E-state index in [0.29, 0.717) is 32.1 Å². The number of amides is 1. The lowest BCUT2D eigenvalue weighted by Crippen LogP contribution is -2.29. The fraction of sp³-hybridized carbons (Fsp3) is 0.300. The van der Waals surface area contributed by atoms with Crippen molar-refractivity contribution in [2.75, 3.05) is 32.6 Å². The van der Waals surface area contributed by atoms with Crippen molar-refractivity contribution in [3.05, 3.63) is 54.6 Å². The summed E-state index contributed by atoms with van der Waals surface area (Å²) in [4.78, 5) is 16.8. The van der Waals surface area contributed by atoms with E-state index >= 15 is 0 Å². The number of hydrogen-bond acceptors (Lipinski definition) is 5. The van der Waals surface area contributed by atoms with Crippen molar-refractivity contribution in [2.45, 2.75) is 11.7 Å². The van der Waals surface area contributed by atoms with Crippen molar-refractivity contribution >= 4 is 28.7 Å². The van der Waals surface area contributed by atoms with E-state index in [1.165, 1.54) is 11.8 Å². The van der Waals surface area contributed by atoms with Crippen molar-refractivity contribution < 1.29 is 14.3 Å². The van der Waals surface area contributed by atoms with Gasteiger partial charge in [0.1, 0.15) is 12.4 Å². The molecule has 0 atom stereocenters. The SMILES string of the molecule is COCCn1c(SCC(=O)NCCOc2ccccc2)nc2ccccc21. The summed E-state index contributed by atoms with van der Waals surface area (Å²) in [5.74, 6) is 1.07. The van der Waals surface area contributed by atoms with Gasteiger partial charge in [0.05, 0.1) is 29.9 Å². The molecule has 1 aromatic heterocycles. The molecular formula is C20H23N3O3S. The van der Waals surface area contributed by atoms with E-state index < -0.39 is 0 Å². The number of nitrogens with zero attached hydrogens (tertiary/aromatic N) is 2. The number of carbonyl (C=O) groups excluding carboxylic acids is 1. The Labute approximate surface area is 162 Å². The minimum absolute atomic E-state index is 0.0398. The molecule has 1 heterocycles. The number of aromatic nitrogens is 2. The molecule has 0 spiro atoms. The quantitative estimate of drug-likeness (QED) is 0.429. The van der Waals surface area contributed by atoms with E-state index in [2.05, 4.69) is 14.9 Å². The second kappa shape index (κ2) is 9.99. The number of ether oxygens (including phenoxy) is 2. The summed E-state index contributed by atoms with van der Waals surface area (Å²) in [5.41, 5.74) is 1.97. The van der Waals surface area contributed by atoms with Gasteiger partial charge in [0.2, 0.25) is 5.91 Å². The normalized spacial score (nSPS) is 10.9. The number of imidazole rings is 1. The zero-order valence-corrected chi connectivity index (χ0v) is 16.1. The third-order valence-corrected chi connectivity index (χ3v) is 4.88. The maximum Gasteiger partial charge on any atom is 0.230 e. The maximum absolute atomic E-state index is 12.1. The van der Waals surface area contributed by atoms with Gasteiger partial charge in [0.15, 0.2) is 5.16 Å². The first kappa shape index (κ1) is 19.3. The number of hydrogen-bond donors (Lipinski definition) is 1. The number of fused-ring (bicyclic) bond motifs is 1. The highest BCUT2D eigenvalue weighted by molar-refractivity contribution is 7.99. The summed E-state index contributed by atoms with van der Waals surface area (Å²) in [6.45, 7) is 2.20. The summed E-state index contributed by atoms with van der Waals surface area (Å²) in [5, 5.41) is 3.70. The van der Waals surface area contributed by atoms with Gasteiger partial charge in [-0.1, -0.05) is 42.1 Å². The second-order valence-corrected chi connectivity index (χ2v) is 6.77. The van der Waals surface area contributed by atoms with Crippen LogP contribution in [0.25, 0.3) is 11.0 Å². The molecule has 1 amide bonds. The fourth-order valence-electron chi connectivity index (χ4n) is 2.62. The van der Waals surface area contributed by atoms with Gasteiger partial charge < -0.3 is 19.4 Å². The Morgan fingerprint density at radius 2 is 1.89 bits per heavy atom. The maximum atomic E-state index is 12.1. The van der Waals surface area contributed by atoms with Crippen LogP contribution in [0.15, 0.2) is 59.8 Å². The molecule has 0 aliphatic rings. The van der Waals surface area contributed by atoms with Crippen LogP contribution in [0.3, 0.4) is 0 Å². The second-order valence-electron chi connectivity index (χ2n) is 5.83. The first-order chi connectivity index (χ1) is 13.3. The van der Waals surface area contributed by atoms with Crippen molar-refractivity contribution in [1.82, 2.24) is 14.9 Å². The third-order valence-electron chi connectivity index (χ3n) is 3.91. The number of thioether (sulfide) groups is 1. The molecule has 0 unspecified atom stereocenters. The summed E-state index contributed by atoms with van der Waals surface area (Å²) >= 11 is 1.43. The van der Waals surface area contributed by atoms with Crippen molar-refractivity contribution in [3.8, 4) is 5.75 Å². The highest BCUT2D eigenvalue weighted by Gasteiger charge is 2.12. The Morgan fingerprint density at radius 1 is 1.11 bits per heavy atom. The smallest absolute Gasteiger partial charge is 0.230 e. The van der Waals surface area contributed by atoms with Gasteiger partial charge in [-0.15, -0.1) is 0 Å². The molecule has 2 aromatic carbocycles. The Balaban J connectivity index is 1.49. The average Bonchev–Trinajstić information content (AvgIpc) is 3.06. The van der Waals surface area contributed by atoms with E-state index in [9.17, 15) is 4.79 Å². The summed E-state index contributed by atoms with van der Waals surface area (Å²) < 4.78 is 12.9. The Hall–Kier alpha value is -2.51. The molecule has 1 N–H and O–H groups in total. The predicted molar refractivity (Wildman–Crippen MR) is 107 cm³/mol. The molecule has 3 aromatic rings. The standard InChI is InChI=1S/C20H23N3O3S/c1-25-14-12-23-18-10-6-5-9-17(18)22-20(23)27-15-19(24)21-11-13-26-16-7-3-2-4-8-16/h2-10H,11-15H2,1H3,(H,21,24). The van der Waals surface area contributed by atoms with Crippen LogP contribution in [0.1, 0.15) is 0 Å². The summed E-state index contributed by atoms with van der Waals surface area (Å²) in [7, 11) is 1.68. The largest absolute Gasteiger partial charge is 0.492 e. The monoisotopic (exact) mass is 385 g/mol. The van der Waals surface area contributed by atoms with E-state index in [-0.39, 0.29) is 5.91 Å². The fourth-order valence-corrected chi connectivity index (χ4v) is 3.49. The summed E-state index contributed by atoms with van der Waals surface area (Å²) in [6.07, 6.45) is 0. The minimum Gasteiger partial charge on any atom is -0.492 e. The van der Waals surface area contributed by atoms with Gasteiger partial charge in [-0.3, -0.25) is 4.79 Å². The van der Waals surface area contributed by atoms with Crippen LogP contribution >= 0.6 is 11.8 Å². The highest BCUT2D eigenvalue weighted by atomic mass is 32.2. The van der Waals surface area contributed by atoms with Gasteiger partial charge in [-0.25, -0.2) is 4.98 Å². The number of rotatable bonds is 10. The van der Waals surface area contributed by atoms with E-state index in [4.69, 9.17) is 9.47 Å². The molecule has 0 radical (unpaired) electrons. The van der Waals surface area contributed by atoms with Crippen LogP contribution in [-0.2, 0) is 16.1 Å². The van der Waals surface area contributed by atoms with Gasteiger partial charge in [-0.05, 0) is 24.3 Å². The number of methoxy groups -OCH3 is 1. The lowest BCUT2D eigenvalue weighted by atomic mass is 10.3. The average molecular weight is 385 g/mol. The molecule has 0 aliphatic carbocycles. The molecule has 0 saturated carbocycles. The van der Waals surface area contributed by atoms with E-state index in [1.54, 1.807) is 7.11 Å². The minimum atomic E-state index is -0.0398. The van der Waals surface area contributed by atoms with Crippen molar-refractivity contribution in [1.29, 1.82) is 0 Å². The molecule has 7 heteroatoms. The number of benzene rings is 2. The topological polar surface area (TPSA) is 65.4 Å². The third kappa shape index (κ3) is 5.48. The van der Waals surface area contributed by atoms with Crippen LogP contribution in [-0.4, -0.2) is 48.1 Å². The number of carbonyl (C=O) groups is 1. The molecule has 27 heavy (non-hydrogen) atoms. The van der Waals surface area contributed by atoms with Gasteiger partial charge in [0, 0.05) is 13.7 Å². The number of nitrogens with one attached hydrogen (secondary N) is 1. The first-order valence-electron chi connectivity index (χ1n) is 8.79. The molecular weight excluding hydrogens is 362 g/mol.